The van der Waals surface area contributed by atoms with Gasteiger partial charge in [0.25, 0.3) is 0 Å². The molecule has 0 saturated heterocycles. The zero-order chi connectivity index (χ0) is 12.8. The molecule has 0 N–H and O–H groups in total. The molecule has 94 valence electrons. The van der Waals surface area contributed by atoms with Crippen molar-refractivity contribution in [3.05, 3.63) is 11.8 Å². The lowest BCUT2D eigenvalue weighted by Crippen LogP contribution is -2.26. The Hall–Kier alpha value is -0.990. The Kier molecular flexibility index (Phi) is 6.16. The van der Waals surface area contributed by atoms with E-state index in [9.17, 15) is 4.79 Å². The lowest BCUT2D eigenvalue weighted by Gasteiger charge is -2.22. The molecule has 3 nitrogen and oxygen atoms in total. The van der Waals surface area contributed by atoms with Crippen LogP contribution >= 0.6 is 0 Å². The minimum absolute atomic E-state index is 0.166. The molecular weight excluding hydrogens is 204 g/mol. The topological polar surface area (TPSA) is 35.5 Å². The van der Waals surface area contributed by atoms with E-state index in [2.05, 4.69) is 6.92 Å². The number of hydrogen-bond donors (Lipinski definition) is 0. The Morgan fingerprint density at radius 1 is 1.38 bits per heavy atom. The number of hydrogen-bond acceptors (Lipinski definition) is 3. The predicted molar refractivity (Wildman–Crippen MR) is 65.0 cm³/mol. The van der Waals surface area contributed by atoms with E-state index >= 15 is 0 Å². The number of carbonyl (C=O) groups excluding carboxylic acids is 1. The summed E-state index contributed by atoms with van der Waals surface area (Å²) in [4.78, 5) is 11.9. The van der Waals surface area contributed by atoms with Crippen LogP contribution in [0.1, 0.15) is 47.5 Å². The van der Waals surface area contributed by atoms with Crippen LogP contribution in [0.4, 0.5) is 0 Å². The number of methoxy groups -OCH3 is 1. The van der Waals surface area contributed by atoms with Crippen LogP contribution in [0, 0.1) is 5.92 Å². The van der Waals surface area contributed by atoms with Gasteiger partial charge in [0.15, 0.2) is 0 Å². The van der Waals surface area contributed by atoms with Crippen molar-refractivity contribution in [1.82, 2.24) is 0 Å². The van der Waals surface area contributed by atoms with E-state index in [-0.39, 0.29) is 11.9 Å². The quantitative estimate of drug-likeness (QED) is 0.411. The van der Waals surface area contributed by atoms with Crippen molar-refractivity contribution in [2.45, 2.75) is 53.1 Å². The van der Waals surface area contributed by atoms with Crippen LogP contribution in [-0.4, -0.2) is 18.7 Å². The molecule has 16 heavy (non-hydrogen) atoms. The Bertz CT molecular complexity index is 248. The van der Waals surface area contributed by atoms with Crippen LogP contribution < -0.4 is 0 Å². The number of ether oxygens (including phenoxy) is 2. The van der Waals surface area contributed by atoms with E-state index in [4.69, 9.17) is 9.47 Å². The standard InChI is InChI=1S/C13H24O3/c1-7-8-10(2)11(9-15-6)12(14)16-13(3,4)5/h9-10H,7-8H2,1-6H3. The van der Waals surface area contributed by atoms with Crippen molar-refractivity contribution in [3.8, 4) is 0 Å². The van der Waals surface area contributed by atoms with Gasteiger partial charge >= 0.3 is 5.97 Å². The highest BCUT2D eigenvalue weighted by Crippen LogP contribution is 2.20. The molecule has 1 unspecified atom stereocenters. The molecule has 0 saturated carbocycles. The molecule has 0 aromatic carbocycles. The first kappa shape index (κ1) is 15.0. The minimum atomic E-state index is -0.462. The fraction of sp³-hybridized carbons (Fsp3) is 0.769. The normalized spacial score (nSPS) is 14.5. The van der Waals surface area contributed by atoms with Crippen LogP contribution in [0.3, 0.4) is 0 Å². The summed E-state index contributed by atoms with van der Waals surface area (Å²) in [6.45, 7) is 9.69. The van der Waals surface area contributed by atoms with Gasteiger partial charge in [-0.3, -0.25) is 0 Å². The first-order valence-electron chi connectivity index (χ1n) is 5.78. The van der Waals surface area contributed by atoms with Crippen LogP contribution in [0.5, 0.6) is 0 Å². The second-order valence-corrected chi connectivity index (χ2v) is 5.00. The van der Waals surface area contributed by atoms with Crippen molar-refractivity contribution in [3.63, 3.8) is 0 Å². The second kappa shape index (κ2) is 6.56. The molecule has 3 heteroatoms. The van der Waals surface area contributed by atoms with Crippen molar-refractivity contribution in [2.24, 2.45) is 5.92 Å². The van der Waals surface area contributed by atoms with E-state index in [1.807, 2.05) is 27.7 Å². The van der Waals surface area contributed by atoms with Gasteiger partial charge in [-0.2, -0.15) is 0 Å². The van der Waals surface area contributed by atoms with Gasteiger partial charge in [0.2, 0.25) is 0 Å². The first-order chi connectivity index (χ1) is 7.31. The molecular formula is C13H24O3. The third kappa shape index (κ3) is 5.79. The predicted octanol–water partition coefficient (Wildman–Crippen LogP) is 3.29. The van der Waals surface area contributed by atoms with Crippen LogP contribution in [-0.2, 0) is 14.3 Å². The van der Waals surface area contributed by atoms with E-state index in [1.54, 1.807) is 7.11 Å². The maximum absolute atomic E-state index is 11.9. The van der Waals surface area contributed by atoms with Gasteiger partial charge in [0, 0.05) is 0 Å². The Labute approximate surface area is 98.8 Å². The van der Waals surface area contributed by atoms with E-state index in [1.165, 1.54) is 6.26 Å². The molecule has 0 heterocycles. The molecule has 0 aromatic heterocycles. The molecule has 0 aromatic rings. The fourth-order valence-corrected chi connectivity index (χ4v) is 1.42. The average molecular weight is 228 g/mol. The van der Waals surface area contributed by atoms with Gasteiger partial charge in [-0.05, 0) is 33.1 Å². The highest BCUT2D eigenvalue weighted by molar-refractivity contribution is 5.88. The first-order valence-corrected chi connectivity index (χ1v) is 5.78. The molecule has 0 fully saturated rings. The molecule has 0 aliphatic rings. The summed E-state index contributed by atoms with van der Waals surface area (Å²) in [6, 6.07) is 0. The second-order valence-electron chi connectivity index (χ2n) is 5.00. The third-order valence-electron chi connectivity index (χ3n) is 2.13. The lowest BCUT2D eigenvalue weighted by atomic mass is 9.97. The maximum atomic E-state index is 11.9. The summed E-state index contributed by atoms with van der Waals surface area (Å²) in [7, 11) is 1.54. The summed E-state index contributed by atoms with van der Waals surface area (Å²) in [5.41, 5.74) is 0.148. The van der Waals surface area contributed by atoms with Crippen molar-refractivity contribution < 1.29 is 14.3 Å². The summed E-state index contributed by atoms with van der Waals surface area (Å²) >= 11 is 0. The van der Waals surface area contributed by atoms with Gasteiger partial charge in [-0.1, -0.05) is 20.3 Å². The Morgan fingerprint density at radius 2 is 1.94 bits per heavy atom. The average Bonchev–Trinajstić information content (AvgIpc) is 2.11. The Balaban J connectivity index is 4.67. The van der Waals surface area contributed by atoms with Gasteiger partial charge in [0.05, 0.1) is 18.9 Å². The number of carbonyl (C=O) groups is 1. The Morgan fingerprint density at radius 3 is 2.31 bits per heavy atom. The number of rotatable bonds is 5. The van der Waals surface area contributed by atoms with Gasteiger partial charge in [-0.25, -0.2) is 4.79 Å². The van der Waals surface area contributed by atoms with Crippen LogP contribution in [0.25, 0.3) is 0 Å². The fourth-order valence-electron chi connectivity index (χ4n) is 1.42. The lowest BCUT2D eigenvalue weighted by molar-refractivity contribution is -0.150. The summed E-state index contributed by atoms with van der Waals surface area (Å²) in [5, 5.41) is 0. The van der Waals surface area contributed by atoms with Gasteiger partial charge in [0.1, 0.15) is 5.60 Å². The van der Waals surface area contributed by atoms with E-state index in [0.29, 0.717) is 5.57 Å². The molecule has 0 radical (unpaired) electrons. The van der Waals surface area contributed by atoms with E-state index < -0.39 is 5.60 Å². The zero-order valence-electron chi connectivity index (χ0n) is 11.3. The molecule has 0 aliphatic heterocycles. The molecule has 0 rings (SSSR count). The SMILES string of the molecule is CCCC(C)C(=COC)C(=O)OC(C)(C)C. The third-order valence-corrected chi connectivity index (χ3v) is 2.13. The molecule has 0 spiro atoms. The summed E-state index contributed by atoms with van der Waals surface area (Å²) in [6.07, 6.45) is 3.48. The van der Waals surface area contributed by atoms with Gasteiger partial charge in [-0.15, -0.1) is 0 Å². The van der Waals surface area contributed by atoms with Gasteiger partial charge < -0.3 is 9.47 Å². The van der Waals surface area contributed by atoms with Crippen LogP contribution in [0.2, 0.25) is 0 Å². The smallest absolute Gasteiger partial charge is 0.337 e. The van der Waals surface area contributed by atoms with Crippen LogP contribution in [0.15, 0.2) is 11.8 Å². The van der Waals surface area contributed by atoms with Crippen molar-refractivity contribution >= 4 is 5.97 Å². The highest BCUT2D eigenvalue weighted by atomic mass is 16.6. The molecule has 0 bridgehead atoms. The monoisotopic (exact) mass is 228 g/mol. The van der Waals surface area contributed by atoms with Crippen molar-refractivity contribution in [2.75, 3.05) is 7.11 Å². The zero-order valence-corrected chi connectivity index (χ0v) is 11.3. The minimum Gasteiger partial charge on any atom is -0.504 e. The molecule has 1 atom stereocenters. The highest BCUT2D eigenvalue weighted by Gasteiger charge is 2.23. The van der Waals surface area contributed by atoms with E-state index in [0.717, 1.165) is 12.8 Å². The largest absolute Gasteiger partial charge is 0.504 e. The molecule has 0 amide bonds. The molecule has 0 aliphatic carbocycles. The maximum Gasteiger partial charge on any atom is 0.337 e. The number of esters is 1. The van der Waals surface area contributed by atoms with Crippen molar-refractivity contribution in [1.29, 1.82) is 0 Å². The summed E-state index contributed by atoms with van der Waals surface area (Å²) in [5.74, 6) is -0.116. The summed E-state index contributed by atoms with van der Waals surface area (Å²) < 4.78 is 10.3.